The molecule has 3 aromatic heterocycles. The summed E-state index contributed by atoms with van der Waals surface area (Å²) < 4.78 is 4.97. The molecule has 6 heteroatoms. The van der Waals surface area contributed by atoms with Gasteiger partial charge in [-0.25, -0.2) is 15.0 Å². The molecule has 0 saturated heterocycles. The predicted molar refractivity (Wildman–Crippen MR) is 336 cm³/mol. The Morgan fingerprint density at radius 1 is 0.329 bits per heavy atom. The molecule has 0 radical (unpaired) electrons. The third kappa shape index (κ3) is 6.84. The highest BCUT2D eigenvalue weighted by molar-refractivity contribution is 6.17. The molecular weight excluding hydrogens is 997 g/mol. The molecule has 6 nitrogen and oxygen atoms in total. The third-order valence-electron chi connectivity index (χ3n) is 17.8. The number of hydrogen-bond donors (Lipinski definition) is 0. The van der Waals surface area contributed by atoms with Gasteiger partial charge in [0.05, 0.1) is 45.1 Å². The van der Waals surface area contributed by atoms with E-state index in [4.69, 9.17) is 15.0 Å². The number of nitriles is 1. The SMILES string of the molecule is CC1(C)c2ccccc2-c2ccc3c(c21)c1ccccc1n3-c1ccc(-c2nc(-c3ccccc3)nc(-c3ccccc3)n2)cc1-c1ccc(-c2ccccc2C#N)cc1-n1c2ccccc2c2c3c(ccc21)-c1ccccc1C3(C)C. The van der Waals surface area contributed by atoms with Crippen molar-refractivity contribution >= 4 is 43.6 Å². The standard InChI is InChI=1S/C76H52N6/c1-75(2)60-31-17-13-27-52(60)55-38-41-65-68(70(55)75)57-29-15-19-33-62(57)81(65)64-40-36-49(74-79-72(46-21-7-5-8-22-46)78-73(80-74)47-23-9-6-10-24-47)43-59(64)54-37-35-48(51-26-12-11-25-50(51)45-77)44-67(54)82-63-34-20-16-30-58(63)69-66(82)42-39-56-53-28-14-18-32-61(53)76(3,4)71(56)69/h5-44H,1-4H3. The van der Waals surface area contributed by atoms with Gasteiger partial charge < -0.3 is 9.13 Å². The van der Waals surface area contributed by atoms with Crippen molar-refractivity contribution in [2.45, 2.75) is 38.5 Å². The van der Waals surface area contributed by atoms with Crippen molar-refractivity contribution in [3.63, 3.8) is 0 Å². The van der Waals surface area contributed by atoms with Crippen molar-refractivity contribution in [3.05, 3.63) is 270 Å². The minimum Gasteiger partial charge on any atom is -0.309 e. The van der Waals surface area contributed by atoms with Crippen molar-refractivity contribution in [2.75, 3.05) is 0 Å². The Hall–Kier alpha value is -10.5. The maximum Gasteiger partial charge on any atom is 0.164 e. The van der Waals surface area contributed by atoms with Crippen molar-refractivity contribution < 1.29 is 0 Å². The van der Waals surface area contributed by atoms with Gasteiger partial charge in [-0.05, 0) is 110 Å². The molecule has 0 aliphatic heterocycles. The summed E-state index contributed by atoms with van der Waals surface area (Å²) in [6, 6.07) is 89.3. The first-order valence-corrected chi connectivity index (χ1v) is 28.2. The molecule has 386 valence electrons. The molecule has 0 saturated carbocycles. The van der Waals surface area contributed by atoms with Crippen LogP contribution < -0.4 is 0 Å². The Balaban J connectivity index is 1.04. The first-order chi connectivity index (χ1) is 40.2. The van der Waals surface area contributed by atoms with Crippen molar-refractivity contribution in [1.82, 2.24) is 24.1 Å². The summed E-state index contributed by atoms with van der Waals surface area (Å²) in [5.74, 6) is 1.76. The predicted octanol–water partition coefficient (Wildman–Crippen LogP) is 18.9. The van der Waals surface area contributed by atoms with Crippen LogP contribution in [0.3, 0.4) is 0 Å². The van der Waals surface area contributed by atoms with Crippen LogP contribution in [0.5, 0.6) is 0 Å². The van der Waals surface area contributed by atoms with Crippen molar-refractivity contribution in [3.8, 4) is 96.1 Å². The van der Waals surface area contributed by atoms with Gasteiger partial charge in [-0.3, -0.25) is 0 Å². The lowest BCUT2D eigenvalue weighted by molar-refractivity contribution is 0.666. The van der Waals surface area contributed by atoms with E-state index in [1.54, 1.807) is 0 Å². The number of aromatic nitrogens is 5. The molecule has 0 spiro atoms. The number of fused-ring (bicyclic) bond motifs is 14. The lowest BCUT2D eigenvalue weighted by atomic mass is 9.80. The van der Waals surface area contributed by atoms with Crippen molar-refractivity contribution in [2.24, 2.45) is 0 Å². The number of nitrogens with zero attached hydrogens (tertiary/aromatic N) is 6. The van der Waals surface area contributed by atoms with Gasteiger partial charge >= 0.3 is 0 Å². The van der Waals surface area contributed by atoms with Crippen LogP contribution >= 0.6 is 0 Å². The van der Waals surface area contributed by atoms with Gasteiger partial charge in [-0.15, -0.1) is 0 Å². The fourth-order valence-corrected chi connectivity index (χ4v) is 14.2. The zero-order valence-electron chi connectivity index (χ0n) is 45.8. The number of para-hydroxylation sites is 2. The van der Waals surface area contributed by atoms with Gasteiger partial charge in [0.25, 0.3) is 0 Å². The highest BCUT2D eigenvalue weighted by Crippen LogP contribution is 2.56. The molecule has 0 atom stereocenters. The highest BCUT2D eigenvalue weighted by atomic mass is 15.0. The van der Waals surface area contributed by atoms with E-state index in [9.17, 15) is 5.26 Å². The van der Waals surface area contributed by atoms with Gasteiger partial charge in [0.1, 0.15) is 0 Å². The van der Waals surface area contributed by atoms with Gasteiger partial charge in [0.15, 0.2) is 17.5 Å². The summed E-state index contributed by atoms with van der Waals surface area (Å²) in [5, 5.41) is 15.5. The molecule has 14 aromatic rings. The van der Waals surface area contributed by atoms with E-state index >= 15 is 0 Å². The molecule has 0 amide bonds. The van der Waals surface area contributed by atoms with Gasteiger partial charge in [0.2, 0.25) is 0 Å². The summed E-state index contributed by atoms with van der Waals surface area (Å²) in [6.45, 7) is 9.51. The molecular formula is C76H52N6. The van der Waals surface area contributed by atoms with Crippen LogP contribution in [0.4, 0.5) is 0 Å². The Bertz CT molecular complexity index is 4990. The van der Waals surface area contributed by atoms with Gasteiger partial charge in [-0.1, -0.05) is 216 Å². The third-order valence-corrected chi connectivity index (χ3v) is 17.8. The van der Waals surface area contributed by atoms with E-state index < -0.39 is 0 Å². The molecule has 11 aromatic carbocycles. The minimum atomic E-state index is -0.271. The Labute approximate surface area is 475 Å². The monoisotopic (exact) mass is 1050 g/mol. The number of hydrogen-bond acceptors (Lipinski definition) is 4. The average molecular weight is 1050 g/mol. The lowest BCUT2D eigenvalue weighted by Gasteiger charge is -2.23. The molecule has 82 heavy (non-hydrogen) atoms. The zero-order valence-corrected chi connectivity index (χ0v) is 45.8. The second kappa shape index (κ2) is 17.8. The van der Waals surface area contributed by atoms with Crippen LogP contribution in [-0.4, -0.2) is 24.1 Å². The fourth-order valence-electron chi connectivity index (χ4n) is 14.2. The average Bonchev–Trinajstić information content (AvgIpc) is 3.56. The molecule has 0 fully saturated rings. The summed E-state index contributed by atoms with van der Waals surface area (Å²) in [6.07, 6.45) is 0. The van der Waals surface area contributed by atoms with E-state index in [0.717, 1.165) is 72.4 Å². The maximum atomic E-state index is 10.7. The summed E-state index contributed by atoms with van der Waals surface area (Å²) >= 11 is 0. The van der Waals surface area contributed by atoms with Gasteiger partial charge in [-0.2, -0.15) is 5.26 Å². The Morgan fingerprint density at radius 2 is 0.768 bits per heavy atom. The molecule has 0 bridgehead atoms. The molecule has 0 unspecified atom stereocenters. The first kappa shape index (κ1) is 47.5. The van der Waals surface area contributed by atoms with E-state index in [0.29, 0.717) is 23.0 Å². The highest BCUT2D eigenvalue weighted by Gasteiger charge is 2.40. The fraction of sp³-hybridized carbons (Fsp3) is 0.0789. The van der Waals surface area contributed by atoms with Crippen LogP contribution in [0.15, 0.2) is 243 Å². The quantitative estimate of drug-likeness (QED) is 0.159. The van der Waals surface area contributed by atoms with E-state index in [2.05, 4.69) is 231 Å². The maximum absolute atomic E-state index is 10.7. The first-order valence-electron chi connectivity index (χ1n) is 28.2. The molecule has 3 heterocycles. The van der Waals surface area contributed by atoms with E-state index in [1.165, 1.54) is 66.1 Å². The second-order valence-corrected chi connectivity index (χ2v) is 23.0. The summed E-state index contributed by atoms with van der Waals surface area (Å²) in [7, 11) is 0. The van der Waals surface area contributed by atoms with Crippen LogP contribution in [0.25, 0.3) is 134 Å². The van der Waals surface area contributed by atoms with Crippen LogP contribution in [0, 0.1) is 11.3 Å². The Kier molecular flexibility index (Phi) is 10.3. The number of benzene rings is 11. The normalized spacial score (nSPS) is 13.5. The van der Waals surface area contributed by atoms with Crippen LogP contribution in [-0.2, 0) is 10.8 Å². The van der Waals surface area contributed by atoms with E-state index in [1.807, 2.05) is 54.6 Å². The molecule has 0 N–H and O–H groups in total. The zero-order chi connectivity index (χ0) is 55.0. The minimum absolute atomic E-state index is 0.256. The summed E-state index contributed by atoms with van der Waals surface area (Å²) in [5.41, 5.74) is 23.5. The lowest BCUT2D eigenvalue weighted by Crippen LogP contribution is -2.15. The largest absolute Gasteiger partial charge is 0.309 e. The summed E-state index contributed by atoms with van der Waals surface area (Å²) in [4.78, 5) is 15.8. The second-order valence-electron chi connectivity index (χ2n) is 23.0. The smallest absolute Gasteiger partial charge is 0.164 e. The number of rotatable bonds is 7. The molecule has 2 aliphatic carbocycles. The van der Waals surface area contributed by atoms with Crippen LogP contribution in [0.2, 0.25) is 0 Å². The Morgan fingerprint density at radius 3 is 1.32 bits per heavy atom. The van der Waals surface area contributed by atoms with Gasteiger partial charge in [0, 0.05) is 60.2 Å². The molecule has 2 aliphatic rings. The molecule has 16 rings (SSSR count). The topological polar surface area (TPSA) is 72.3 Å². The van der Waals surface area contributed by atoms with E-state index in [-0.39, 0.29) is 10.8 Å². The van der Waals surface area contributed by atoms with Crippen LogP contribution in [0.1, 0.15) is 55.5 Å². The van der Waals surface area contributed by atoms with Crippen molar-refractivity contribution in [1.29, 1.82) is 5.26 Å².